The van der Waals surface area contributed by atoms with Crippen molar-refractivity contribution >= 4 is 23.7 Å². The Kier molecular flexibility index (Phi) is 8.07. The number of likely N-dealkylation sites (tertiary alicyclic amines) is 2. The highest BCUT2D eigenvalue weighted by molar-refractivity contribution is 5.93. The number of piperidine rings is 1. The Morgan fingerprint density at radius 3 is 2.30 bits per heavy atom. The van der Waals surface area contributed by atoms with Crippen LogP contribution in [0, 0.1) is 0 Å². The number of carboxylic acid groups (broad SMARTS) is 1. The number of aliphatic carboxylic acids is 1. The van der Waals surface area contributed by atoms with Crippen LogP contribution in [0.1, 0.15) is 51.0 Å². The zero-order valence-corrected chi connectivity index (χ0v) is 19.2. The molecular formula is C24H34N4O5. The summed E-state index contributed by atoms with van der Waals surface area (Å²) < 4.78 is 0. The van der Waals surface area contributed by atoms with E-state index in [1.165, 1.54) is 11.8 Å². The molecule has 1 aromatic rings. The van der Waals surface area contributed by atoms with Crippen molar-refractivity contribution in [3.05, 3.63) is 35.9 Å². The lowest BCUT2D eigenvalue weighted by atomic mass is 9.70. The zero-order chi connectivity index (χ0) is 24.0. The van der Waals surface area contributed by atoms with Crippen LogP contribution in [0.5, 0.6) is 0 Å². The van der Waals surface area contributed by atoms with Crippen LogP contribution in [0.3, 0.4) is 0 Å². The molecular weight excluding hydrogens is 424 g/mol. The summed E-state index contributed by atoms with van der Waals surface area (Å²) in [6.45, 7) is 3.07. The summed E-state index contributed by atoms with van der Waals surface area (Å²) >= 11 is 0. The minimum absolute atomic E-state index is 0.149. The fourth-order valence-electron chi connectivity index (χ4n) is 4.87. The molecule has 0 spiro atoms. The lowest BCUT2D eigenvalue weighted by Gasteiger charge is -2.48. The molecule has 0 radical (unpaired) electrons. The van der Waals surface area contributed by atoms with E-state index in [0.717, 1.165) is 18.4 Å². The fourth-order valence-corrected chi connectivity index (χ4v) is 4.87. The Morgan fingerprint density at radius 2 is 1.79 bits per heavy atom. The third-order valence-electron chi connectivity index (χ3n) is 6.85. The summed E-state index contributed by atoms with van der Waals surface area (Å²) in [6, 6.07) is 8.03. The van der Waals surface area contributed by atoms with Gasteiger partial charge in [0, 0.05) is 26.6 Å². The Labute approximate surface area is 194 Å². The van der Waals surface area contributed by atoms with E-state index in [4.69, 9.17) is 5.73 Å². The molecule has 33 heavy (non-hydrogen) atoms. The van der Waals surface area contributed by atoms with E-state index >= 15 is 0 Å². The molecule has 9 nitrogen and oxygen atoms in total. The van der Waals surface area contributed by atoms with Gasteiger partial charge in [-0.1, -0.05) is 30.3 Å². The average molecular weight is 459 g/mol. The van der Waals surface area contributed by atoms with E-state index in [9.17, 15) is 24.3 Å². The molecule has 3 amide bonds. The standard InChI is InChI=1S/C24H34N4O5/c1-17(29)26-19(9-5-6-13-25)21(30)27-15-11-24(12-16-27,18-7-3-2-4-8-18)23(33)28-14-10-20(28)22(31)32/h2-4,7-8,19-20H,5-6,9-16,25H2,1H3,(H,26,29)(H,31,32)/t19-,20-/m0/s1. The molecule has 0 bridgehead atoms. The molecule has 4 N–H and O–H groups in total. The van der Waals surface area contributed by atoms with E-state index in [-0.39, 0.29) is 17.7 Å². The first-order valence-corrected chi connectivity index (χ1v) is 11.7. The minimum atomic E-state index is -0.985. The number of nitrogens with zero attached hydrogens (tertiary/aromatic N) is 2. The summed E-state index contributed by atoms with van der Waals surface area (Å²) in [5.41, 5.74) is 5.54. The first-order valence-electron chi connectivity index (χ1n) is 11.7. The lowest BCUT2D eigenvalue weighted by Crippen LogP contribution is -2.63. The third-order valence-corrected chi connectivity index (χ3v) is 6.85. The van der Waals surface area contributed by atoms with Crippen molar-refractivity contribution in [1.82, 2.24) is 15.1 Å². The number of carboxylic acids is 1. The number of hydrogen-bond donors (Lipinski definition) is 3. The highest BCUT2D eigenvalue weighted by Crippen LogP contribution is 2.39. The third kappa shape index (κ3) is 5.35. The summed E-state index contributed by atoms with van der Waals surface area (Å²) in [5, 5.41) is 12.2. The second kappa shape index (κ2) is 10.8. The molecule has 1 aromatic carbocycles. The van der Waals surface area contributed by atoms with Gasteiger partial charge in [-0.2, -0.15) is 0 Å². The highest BCUT2D eigenvalue weighted by Gasteiger charge is 2.50. The van der Waals surface area contributed by atoms with Gasteiger partial charge in [0.1, 0.15) is 12.1 Å². The molecule has 0 saturated carbocycles. The molecule has 2 heterocycles. The first kappa shape index (κ1) is 24.7. The number of amides is 3. The van der Waals surface area contributed by atoms with Gasteiger partial charge in [0.25, 0.3) is 0 Å². The lowest BCUT2D eigenvalue weighted by molar-refractivity contribution is -0.162. The fraction of sp³-hybridized carbons (Fsp3) is 0.583. The van der Waals surface area contributed by atoms with Crippen LogP contribution in [0.4, 0.5) is 0 Å². The van der Waals surface area contributed by atoms with Gasteiger partial charge in [-0.25, -0.2) is 4.79 Å². The molecule has 2 aliphatic rings. The number of nitrogens with one attached hydrogen (secondary N) is 1. The van der Waals surface area contributed by atoms with Crippen molar-refractivity contribution in [1.29, 1.82) is 0 Å². The molecule has 9 heteroatoms. The molecule has 2 atom stereocenters. The SMILES string of the molecule is CC(=O)N[C@@H](CCCCN)C(=O)N1CCC(C(=O)N2CC[C@H]2C(=O)O)(c2ccccc2)CC1. The molecule has 3 rings (SSSR count). The molecule has 2 aliphatic heterocycles. The molecule has 0 unspecified atom stereocenters. The van der Waals surface area contributed by atoms with Crippen molar-refractivity contribution in [2.24, 2.45) is 5.73 Å². The van der Waals surface area contributed by atoms with E-state index in [1.54, 1.807) is 4.90 Å². The van der Waals surface area contributed by atoms with Gasteiger partial charge in [-0.3, -0.25) is 14.4 Å². The maximum absolute atomic E-state index is 13.6. The Balaban J connectivity index is 1.77. The largest absolute Gasteiger partial charge is 0.480 e. The van der Waals surface area contributed by atoms with Gasteiger partial charge in [0.15, 0.2) is 0 Å². The highest BCUT2D eigenvalue weighted by atomic mass is 16.4. The van der Waals surface area contributed by atoms with Gasteiger partial charge >= 0.3 is 5.97 Å². The summed E-state index contributed by atoms with van der Waals surface area (Å²) in [4.78, 5) is 53.2. The van der Waals surface area contributed by atoms with Gasteiger partial charge in [0.05, 0.1) is 5.41 Å². The summed E-state index contributed by atoms with van der Waals surface area (Å²) in [7, 11) is 0. The van der Waals surface area contributed by atoms with Crippen LogP contribution in [0.15, 0.2) is 30.3 Å². The Morgan fingerprint density at radius 1 is 1.12 bits per heavy atom. The number of rotatable bonds is 9. The van der Waals surface area contributed by atoms with Crippen molar-refractivity contribution < 1.29 is 24.3 Å². The van der Waals surface area contributed by atoms with Crippen molar-refractivity contribution in [2.45, 2.75) is 62.9 Å². The number of unbranched alkanes of at least 4 members (excludes halogenated alkanes) is 1. The molecule has 0 aliphatic carbocycles. The minimum Gasteiger partial charge on any atom is -0.480 e. The number of nitrogens with two attached hydrogens (primary N) is 1. The molecule has 2 fully saturated rings. The van der Waals surface area contributed by atoms with Crippen molar-refractivity contribution in [3.8, 4) is 0 Å². The van der Waals surface area contributed by atoms with Crippen LogP contribution in [0.2, 0.25) is 0 Å². The van der Waals surface area contributed by atoms with Gasteiger partial charge < -0.3 is 26.0 Å². The molecule has 180 valence electrons. The number of carbonyl (C=O) groups excluding carboxylic acids is 3. The topological polar surface area (TPSA) is 133 Å². The second-order valence-electron chi connectivity index (χ2n) is 8.95. The van der Waals surface area contributed by atoms with Gasteiger partial charge in [0.2, 0.25) is 17.7 Å². The summed E-state index contributed by atoms with van der Waals surface area (Å²) in [5.74, 6) is -1.57. The van der Waals surface area contributed by atoms with Crippen LogP contribution in [-0.4, -0.2) is 76.9 Å². The van der Waals surface area contributed by atoms with E-state index < -0.39 is 23.5 Å². The number of carbonyl (C=O) groups is 4. The normalized spacial score (nSPS) is 20.5. The summed E-state index contributed by atoms with van der Waals surface area (Å²) in [6.07, 6.45) is 3.29. The average Bonchev–Trinajstić information content (AvgIpc) is 2.77. The Hall–Kier alpha value is -2.94. The number of benzene rings is 1. The monoisotopic (exact) mass is 458 g/mol. The molecule has 2 saturated heterocycles. The Bertz CT molecular complexity index is 867. The smallest absolute Gasteiger partial charge is 0.326 e. The number of hydrogen-bond acceptors (Lipinski definition) is 5. The zero-order valence-electron chi connectivity index (χ0n) is 19.2. The first-order chi connectivity index (χ1) is 15.8. The maximum Gasteiger partial charge on any atom is 0.326 e. The van der Waals surface area contributed by atoms with Crippen molar-refractivity contribution in [2.75, 3.05) is 26.2 Å². The van der Waals surface area contributed by atoms with E-state index in [1.807, 2.05) is 30.3 Å². The van der Waals surface area contributed by atoms with Gasteiger partial charge in [-0.15, -0.1) is 0 Å². The predicted octanol–water partition coefficient (Wildman–Crippen LogP) is 0.866. The molecule has 0 aromatic heterocycles. The van der Waals surface area contributed by atoms with Crippen LogP contribution in [-0.2, 0) is 24.6 Å². The van der Waals surface area contributed by atoms with Crippen LogP contribution in [0.25, 0.3) is 0 Å². The van der Waals surface area contributed by atoms with E-state index in [0.29, 0.717) is 51.9 Å². The predicted molar refractivity (Wildman–Crippen MR) is 122 cm³/mol. The van der Waals surface area contributed by atoms with Crippen LogP contribution >= 0.6 is 0 Å². The quantitative estimate of drug-likeness (QED) is 0.470. The van der Waals surface area contributed by atoms with Crippen LogP contribution < -0.4 is 11.1 Å². The maximum atomic E-state index is 13.6. The van der Waals surface area contributed by atoms with Gasteiger partial charge in [-0.05, 0) is 50.6 Å². The van der Waals surface area contributed by atoms with Crippen molar-refractivity contribution in [3.63, 3.8) is 0 Å². The second-order valence-corrected chi connectivity index (χ2v) is 8.95. The van der Waals surface area contributed by atoms with E-state index in [2.05, 4.69) is 5.32 Å².